The molecular weight excluding hydrogens is 596 g/mol. The van der Waals surface area contributed by atoms with Gasteiger partial charge in [-0.1, -0.05) is 79.7 Å². The van der Waals surface area contributed by atoms with Crippen molar-refractivity contribution in [3.63, 3.8) is 0 Å². The summed E-state index contributed by atoms with van der Waals surface area (Å²) >= 11 is 0. The number of nitrogens with one attached hydrogen (secondary N) is 1. The average molecular weight is 639 g/mol. The molecule has 0 aliphatic carbocycles. The molecule has 2 aliphatic heterocycles. The summed E-state index contributed by atoms with van der Waals surface area (Å²) in [4.78, 5) is 40.3. The molecule has 47 heavy (non-hydrogen) atoms. The number of likely N-dealkylation sites (tertiary alicyclic amines) is 1. The van der Waals surface area contributed by atoms with E-state index in [0.717, 1.165) is 38.9 Å². The second-order valence-electron chi connectivity index (χ2n) is 12.1. The van der Waals surface area contributed by atoms with Crippen LogP contribution in [0.1, 0.15) is 55.2 Å². The highest BCUT2D eigenvalue weighted by Gasteiger charge is 2.39. The SMILES string of the molecule is CCC1=C(C(=O)O)C(c2ccc([N+](=O)[O-])cc2)C(N(C=O)CCCN2CCC(c3ccccc3)(c3ccccc3)CC2)=C(COC)N1. The number of dihydropyridines is 1. The lowest BCUT2D eigenvalue weighted by Crippen LogP contribution is -2.44. The molecule has 0 bridgehead atoms. The van der Waals surface area contributed by atoms with Gasteiger partial charge in [0.2, 0.25) is 6.41 Å². The summed E-state index contributed by atoms with van der Waals surface area (Å²) in [6, 6.07) is 27.3. The van der Waals surface area contributed by atoms with Crippen LogP contribution >= 0.6 is 0 Å². The summed E-state index contributed by atoms with van der Waals surface area (Å²) in [6.45, 7) is 4.93. The fourth-order valence-electron chi connectivity index (χ4n) is 7.15. The van der Waals surface area contributed by atoms with Gasteiger partial charge in [0.25, 0.3) is 5.69 Å². The normalized spacial score (nSPS) is 18.0. The molecule has 3 aromatic carbocycles. The lowest BCUT2D eigenvalue weighted by molar-refractivity contribution is -0.384. The number of aliphatic carboxylic acids is 1. The number of carboxylic acids is 1. The largest absolute Gasteiger partial charge is 0.478 e. The van der Waals surface area contributed by atoms with Crippen LogP contribution in [0.4, 0.5) is 5.69 Å². The third-order valence-electron chi connectivity index (χ3n) is 9.48. The van der Waals surface area contributed by atoms with E-state index in [2.05, 4.69) is 70.9 Å². The fraction of sp³-hybridized carbons (Fsp3) is 0.351. The maximum Gasteiger partial charge on any atom is 0.334 e. The number of ether oxygens (including phenoxy) is 1. The molecule has 0 aromatic heterocycles. The van der Waals surface area contributed by atoms with Crippen molar-refractivity contribution in [2.75, 3.05) is 39.9 Å². The standard InChI is InChI=1S/C37H42N4O6/c1-3-31-34(36(43)44)33(27-15-17-30(18-16-27)41(45)46)35(32(38-31)25-47-2)40(26-42)22-10-21-39-23-19-37(20-24-39,28-11-6-4-7-12-28)29-13-8-5-9-14-29/h4-9,11-18,26,33,38H,3,10,19-25H2,1-2H3,(H,43,44). The number of nitro groups is 1. The Hall–Kier alpha value is -4.80. The van der Waals surface area contributed by atoms with Crippen LogP contribution in [0.15, 0.2) is 108 Å². The molecule has 2 aliphatic rings. The molecular formula is C37H42N4O6. The maximum atomic E-state index is 12.7. The van der Waals surface area contributed by atoms with Crippen molar-refractivity contribution in [1.82, 2.24) is 15.1 Å². The molecule has 246 valence electrons. The second-order valence-corrected chi connectivity index (χ2v) is 12.1. The molecule has 5 rings (SSSR count). The zero-order valence-electron chi connectivity index (χ0n) is 26.9. The van der Waals surface area contributed by atoms with Gasteiger partial charge in [0.1, 0.15) is 0 Å². The number of nitro benzene ring substituents is 1. The Labute approximate surface area is 275 Å². The Balaban J connectivity index is 1.36. The highest BCUT2D eigenvalue weighted by atomic mass is 16.6. The summed E-state index contributed by atoms with van der Waals surface area (Å²) in [5, 5.41) is 25.0. The summed E-state index contributed by atoms with van der Waals surface area (Å²) < 4.78 is 5.49. The minimum absolute atomic E-state index is 0.0595. The number of piperidine rings is 1. The predicted molar refractivity (Wildman–Crippen MR) is 180 cm³/mol. The molecule has 2 heterocycles. The molecule has 1 unspecified atom stereocenters. The third kappa shape index (κ3) is 7.13. The smallest absolute Gasteiger partial charge is 0.334 e. The Morgan fingerprint density at radius 1 is 1.02 bits per heavy atom. The minimum atomic E-state index is -1.12. The van der Waals surface area contributed by atoms with Crippen molar-refractivity contribution in [2.45, 2.75) is 43.9 Å². The van der Waals surface area contributed by atoms with Gasteiger partial charge in [-0.15, -0.1) is 0 Å². The topological polar surface area (TPSA) is 125 Å². The number of non-ortho nitro benzene ring substituents is 1. The predicted octanol–water partition coefficient (Wildman–Crippen LogP) is 5.82. The molecule has 0 radical (unpaired) electrons. The van der Waals surface area contributed by atoms with Crippen LogP contribution in [0.5, 0.6) is 0 Å². The number of carboxylic acid groups (broad SMARTS) is 1. The van der Waals surface area contributed by atoms with Crippen LogP contribution in [-0.2, 0) is 19.7 Å². The van der Waals surface area contributed by atoms with E-state index in [9.17, 15) is 24.8 Å². The number of carbonyl (C=O) groups excluding carboxylic acids is 1. The Morgan fingerprint density at radius 3 is 2.11 bits per heavy atom. The van der Waals surface area contributed by atoms with Gasteiger partial charge in [-0.05, 0) is 62.0 Å². The second kappa shape index (κ2) is 15.2. The van der Waals surface area contributed by atoms with E-state index in [4.69, 9.17) is 4.74 Å². The quantitative estimate of drug-likeness (QED) is 0.129. The molecule has 3 aromatic rings. The Kier molecular flexibility index (Phi) is 10.8. The number of benzene rings is 3. The maximum absolute atomic E-state index is 12.7. The first-order valence-corrected chi connectivity index (χ1v) is 16.1. The van der Waals surface area contributed by atoms with E-state index < -0.39 is 16.8 Å². The number of amides is 1. The molecule has 10 heteroatoms. The van der Waals surface area contributed by atoms with Crippen LogP contribution in [-0.4, -0.2) is 72.1 Å². The zero-order valence-corrected chi connectivity index (χ0v) is 26.9. The summed E-state index contributed by atoms with van der Waals surface area (Å²) in [5.41, 5.74) is 4.74. The van der Waals surface area contributed by atoms with E-state index in [1.165, 1.54) is 23.3 Å². The Bertz CT molecular complexity index is 1570. The number of carbonyl (C=O) groups is 2. The van der Waals surface area contributed by atoms with Crippen molar-refractivity contribution in [3.8, 4) is 0 Å². The van der Waals surface area contributed by atoms with Crippen LogP contribution in [0.2, 0.25) is 0 Å². The number of hydrogen-bond acceptors (Lipinski definition) is 7. The minimum Gasteiger partial charge on any atom is -0.478 e. The van der Waals surface area contributed by atoms with Crippen molar-refractivity contribution < 1.29 is 24.4 Å². The van der Waals surface area contributed by atoms with E-state index in [1.807, 2.05) is 6.92 Å². The summed E-state index contributed by atoms with van der Waals surface area (Å²) in [5.74, 6) is -1.95. The van der Waals surface area contributed by atoms with Crippen LogP contribution < -0.4 is 5.32 Å². The lowest BCUT2D eigenvalue weighted by atomic mass is 9.68. The molecule has 1 amide bonds. The van der Waals surface area contributed by atoms with Crippen molar-refractivity contribution in [2.24, 2.45) is 0 Å². The van der Waals surface area contributed by atoms with Gasteiger partial charge in [-0.25, -0.2) is 4.79 Å². The van der Waals surface area contributed by atoms with Crippen LogP contribution in [0, 0.1) is 10.1 Å². The number of hydrogen-bond donors (Lipinski definition) is 2. The van der Waals surface area contributed by atoms with Gasteiger partial charge in [-0.2, -0.15) is 0 Å². The van der Waals surface area contributed by atoms with Gasteiger partial charge in [0, 0.05) is 36.9 Å². The first-order chi connectivity index (χ1) is 22.8. The molecule has 1 atom stereocenters. The van der Waals surface area contributed by atoms with Crippen molar-refractivity contribution >= 4 is 18.1 Å². The van der Waals surface area contributed by atoms with E-state index in [-0.39, 0.29) is 23.3 Å². The summed E-state index contributed by atoms with van der Waals surface area (Å²) in [7, 11) is 1.54. The molecule has 2 N–H and O–H groups in total. The van der Waals surface area contributed by atoms with Crippen molar-refractivity contribution in [3.05, 3.63) is 134 Å². The molecule has 0 saturated carbocycles. The number of nitrogens with zero attached hydrogens (tertiary/aromatic N) is 3. The van der Waals surface area contributed by atoms with Crippen LogP contribution in [0.3, 0.4) is 0 Å². The van der Waals surface area contributed by atoms with E-state index >= 15 is 0 Å². The fourth-order valence-corrected chi connectivity index (χ4v) is 7.15. The number of methoxy groups -OCH3 is 1. The monoisotopic (exact) mass is 638 g/mol. The average Bonchev–Trinajstić information content (AvgIpc) is 3.11. The van der Waals surface area contributed by atoms with E-state index in [1.54, 1.807) is 24.1 Å². The Morgan fingerprint density at radius 2 is 1.62 bits per heavy atom. The molecule has 1 fully saturated rings. The van der Waals surface area contributed by atoms with Gasteiger partial charge < -0.3 is 25.0 Å². The molecule has 0 spiro atoms. The molecule has 10 nitrogen and oxygen atoms in total. The number of rotatable bonds is 14. The zero-order chi connectivity index (χ0) is 33.4. The first kappa shape index (κ1) is 33.6. The van der Waals surface area contributed by atoms with Crippen molar-refractivity contribution in [1.29, 1.82) is 0 Å². The van der Waals surface area contributed by atoms with E-state index in [0.29, 0.717) is 42.0 Å². The van der Waals surface area contributed by atoms with Gasteiger partial charge >= 0.3 is 5.97 Å². The molecule has 1 saturated heterocycles. The first-order valence-electron chi connectivity index (χ1n) is 16.1. The van der Waals surface area contributed by atoms with Gasteiger partial charge in [-0.3, -0.25) is 14.9 Å². The third-order valence-corrected chi connectivity index (χ3v) is 9.48. The number of allylic oxidation sites excluding steroid dienone is 2. The highest BCUT2D eigenvalue weighted by molar-refractivity contribution is 5.91. The van der Waals surface area contributed by atoms with Gasteiger partial charge in [0.05, 0.1) is 34.4 Å². The van der Waals surface area contributed by atoms with Gasteiger partial charge in [0.15, 0.2) is 0 Å². The van der Waals surface area contributed by atoms with Crippen LogP contribution in [0.25, 0.3) is 0 Å². The highest BCUT2D eigenvalue weighted by Crippen LogP contribution is 2.43. The summed E-state index contributed by atoms with van der Waals surface area (Å²) in [6.07, 6.45) is 3.77. The lowest BCUT2D eigenvalue weighted by Gasteiger charge is -2.43.